The number of thiophene rings is 1. The standard InChI is InChI=1S/C20H19FN4S2/c1-11-12(3-2-5-22-11)18-7-13-15(4-6-23-20(13)27-18)25-16-9-17-19(8-14(16)21)26-10-24-17/h4,6-12,22H,2-3,5H2,1H3,(H,23,25)/t11-,12?/m1/s1. The van der Waals surface area contributed by atoms with Gasteiger partial charge in [0, 0.05) is 28.4 Å². The number of hydrogen-bond donors (Lipinski definition) is 2. The van der Waals surface area contributed by atoms with Gasteiger partial charge in [0.25, 0.3) is 0 Å². The van der Waals surface area contributed by atoms with Crippen LogP contribution in [0.4, 0.5) is 15.8 Å². The molecule has 2 atom stereocenters. The summed E-state index contributed by atoms with van der Waals surface area (Å²) >= 11 is 3.19. The van der Waals surface area contributed by atoms with E-state index in [1.807, 2.05) is 6.07 Å². The number of nitrogens with zero attached hydrogens (tertiary/aromatic N) is 2. The fourth-order valence-electron chi connectivity index (χ4n) is 3.80. The first-order valence-electron chi connectivity index (χ1n) is 9.10. The third-order valence-corrected chi connectivity index (χ3v) is 7.24. The zero-order valence-corrected chi connectivity index (χ0v) is 16.5. The van der Waals surface area contributed by atoms with E-state index in [-0.39, 0.29) is 5.82 Å². The van der Waals surface area contributed by atoms with Crippen LogP contribution in [0.15, 0.2) is 36.0 Å². The number of fused-ring (bicyclic) bond motifs is 2. The number of halogens is 1. The zero-order chi connectivity index (χ0) is 18.4. The highest BCUT2D eigenvalue weighted by molar-refractivity contribution is 7.18. The number of nitrogens with one attached hydrogen (secondary N) is 2. The molecule has 7 heteroatoms. The molecule has 5 rings (SSSR count). The highest BCUT2D eigenvalue weighted by Gasteiger charge is 2.25. The maximum absolute atomic E-state index is 14.5. The summed E-state index contributed by atoms with van der Waals surface area (Å²) in [5.74, 6) is 0.242. The summed E-state index contributed by atoms with van der Waals surface area (Å²) in [4.78, 5) is 11.2. The normalized spacial score (nSPS) is 20.4. The van der Waals surface area contributed by atoms with Crippen LogP contribution in [0.1, 0.15) is 30.6 Å². The maximum atomic E-state index is 14.5. The van der Waals surface area contributed by atoms with Crippen molar-refractivity contribution in [1.82, 2.24) is 15.3 Å². The lowest BCUT2D eigenvalue weighted by atomic mass is 9.90. The Morgan fingerprint density at radius 3 is 3.04 bits per heavy atom. The second-order valence-electron chi connectivity index (χ2n) is 6.99. The van der Waals surface area contributed by atoms with Crippen LogP contribution in [0.25, 0.3) is 20.4 Å². The third-order valence-electron chi connectivity index (χ3n) is 5.27. The zero-order valence-electron chi connectivity index (χ0n) is 14.8. The first-order valence-corrected chi connectivity index (χ1v) is 10.8. The average molecular weight is 399 g/mol. The van der Waals surface area contributed by atoms with E-state index in [9.17, 15) is 4.39 Å². The molecule has 1 unspecified atom stereocenters. The van der Waals surface area contributed by atoms with Gasteiger partial charge in [-0.3, -0.25) is 0 Å². The number of rotatable bonds is 3. The van der Waals surface area contributed by atoms with Crippen molar-refractivity contribution >= 4 is 54.5 Å². The van der Waals surface area contributed by atoms with Crippen molar-refractivity contribution in [3.63, 3.8) is 0 Å². The minimum absolute atomic E-state index is 0.266. The van der Waals surface area contributed by atoms with Gasteiger partial charge in [0.1, 0.15) is 10.6 Å². The first-order chi connectivity index (χ1) is 13.2. The molecule has 0 spiro atoms. The monoisotopic (exact) mass is 398 g/mol. The predicted molar refractivity (Wildman–Crippen MR) is 112 cm³/mol. The Morgan fingerprint density at radius 2 is 2.15 bits per heavy atom. The van der Waals surface area contributed by atoms with E-state index in [2.05, 4.69) is 33.6 Å². The molecule has 0 saturated carbocycles. The summed E-state index contributed by atoms with van der Waals surface area (Å²) in [5, 5.41) is 7.88. The number of thiazole rings is 1. The van der Waals surface area contributed by atoms with E-state index in [0.717, 1.165) is 32.7 Å². The van der Waals surface area contributed by atoms with Gasteiger partial charge in [-0.15, -0.1) is 22.7 Å². The van der Waals surface area contributed by atoms with Gasteiger partial charge >= 0.3 is 0 Å². The second-order valence-corrected chi connectivity index (χ2v) is 8.94. The molecular formula is C20H19FN4S2. The van der Waals surface area contributed by atoms with Crippen molar-refractivity contribution < 1.29 is 4.39 Å². The molecule has 1 aromatic carbocycles. The summed E-state index contributed by atoms with van der Waals surface area (Å²) in [6.45, 7) is 3.34. The number of piperidine rings is 1. The molecule has 138 valence electrons. The Bertz CT molecular complexity index is 1120. The fraction of sp³-hybridized carbons (Fsp3) is 0.300. The Balaban J connectivity index is 1.53. The Hall–Kier alpha value is -2.09. The summed E-state index contributed by atoms with van der Waals surface area (Å²) in [6.07, 6.45) is 4.17. The number of anilines is 2. The van der Waals surface area contributed by atoms with E-state index in [1.165, 1.54) is 29.1 Å². The van der Waals surface area contributed by atoms with Crippen LogP contribution >= 0.6 is 22.7 Å². The second kappa shape index (κ2) is 6.82. The Labute approximate surface area is 164 Å². The fourth-order valence-corrected chi connectivity index (χ4v) is 5.75. The van der Waals surface area contributed by atoms with Crippen LogP contribution in [0.5, 0.6) is 0 Å². The highest BCUT2D eigenvalue weighted by Crippen LogP contribution is 2.39. The highest BCUT2D eigenvalue weighted by atomic mass is 32.1. The van der Waals surface area contributed by atoms with Crippen LogP contribution < -0.4 is 10.6 Å². The number of benzene rings is 1. The van der Waals surface area contributed by atoms with Gasteiger partial charge in [0.15, 0.2) is 0 Å². The summed E-state index contributed by atoms with van der Waals surface area (Å²) in [5.41, 5.74) is 3.87. The summed E-state index contributed by atoms with van der Waals surface area (Å²) < 4.78 is 15.4. The number of hydrogen-bond acceptors (Lipinski definition) is 6. The van der Waals surface area contributed by atoms with Crippen molar-refractivity contribution in [1.29, 1.82) is 0 Å². The molecule has 1 aliphatic rings. The SMILES string of the molecule is C[C@H]1NCCCC1c1cc2c(Nc3cc4ncsc4cc3F)ccnc2s1. The van der Waals surface area contributed by atoms with Gasteiger partial charge in [-0.1, -0.05) is 0 Å². The van der Waals surface area contributed by atoms with Crippen LogP contribution in [0.3, 0.4) is 0 Å². The van der Waals surface area contributed by atoms with Crippen molar-refractivity contribution in [3.8, 4) is 0 Å². The van der Waals surface area contributed by atoms with E-state index < -0.39 is 0 Å². The van der Waals surface area contributed by atoms with Gasteiger partial charge in [-0.05, 0) is 50.6 Å². The Kier molecular flexibility index (Phi) is 4.30. The van der Waals surface area contributed by atoms with Gasteiger partial charge in [0.2, 0.25) is 0 Å². The van der Waals surface area contributed by atoms with Crippen LogP contribution in [0.2, 0.25) is 0 Å². The number of pyridine rings is 1. The van der Waals surface area contributed by atoms with Gasteiger partial charge in [0.05, 0.1) is 27.1 Å². The average Bonchev–Trinajstić information content (AvgIpc) is 3.29. The molecular weight excluding hydrogens is 379 g/mol. The summed E-state index contributed by atoms with van der Waals surface area (Å²) in [7, 11) is 0. The first kappa shape index (κ1) is 17.0. The van der Waals surface area contributed by atoms with E-state index in [1.54, 1.807) is 35.2 Å². The largest absolute Gasteiger partial charge is 0.352 e. The molecule has 0 bridgehead atoms. The molecule has 27 heavy (non-hydrogen) atoms. The Morgan fingerprint density at radius 1 is 1.22 bits per heavy atom. The minimum atomic E-state index is -0.266. The van der Waals surface area contributed by atoms with Gasteiger partial charge < -0.3 is 10.6 Å². The lowest BCUT2D eigenvalue weighted by Gasteiger charge is -2.29. The molecule has 0 aliphatic carbocycles. The van der Waals surface area contributed by atoms with Crippen molar-refractivity contribution in [2.75, 3.05) is 11.9 Å². The molecule has 4 aromatic rings. The van der Waals surface area contributed by atoms with Gasteiger partial charge in [-0.2, -0.15) is 0 Å². The van der Waals surface area contributed by atoms with Crippen molar-refractivity contribution in [2.45, 2.75) is 31.7 Å². The molecule has 0 radical (unpaired) electrons. The third kappa shape index (κ3) is 3.09. The molecule has 1 fully saturated rings. The minimum Gasteiger partial charge on any atom is -0.352 e. The van der Waals surface area contributed by atoms with E-state index in [0.29, 0.717) is 17.6 Å². The molecule has 4 heterocycles. The van der Waals surface area contributed by atoms with Crippen LogP contribution in [0, 0.1) is 5.82 Å². The van der Waals surface area contributed by atoms with Crippen LogP contribution in [-0.2, 0) is 0 Å². The summed E-state index contributed by atoms with van der Waals surface area (Å²) in [6, 6.07) is 7.91. The van der Waals surface area contributed by atoms with Crippen molar-refractivity contribution in [2.24, 2.45) is 0 Å². The predicted octanol–water partition coefficient (Wildman–Crippen LogP) is 5.64. The molecule has 3 aromatic heterocycles. The molecule has 4 nitrogen and oxygen atoms in total. The van der Waals surface area contributed by atoms with Crippen LogP contribution in [-0.4, -0.2) is 22.6 Å². The topological polar surface area (TPSA) is 49.8 Å². The number of aromatic nitrogens is 2. The maximum Gasteiger partial charge on any atom is 0.148 e. The lowest BCUT2D eigenvalue weighted by Crippen LogP contribution is -2.37. The smallest absolute Gasteiger partial charge is 0.148 e. The quantitative estimate of drug-likeness (QED) is 0.469. The van der Waals surface area contributed by atoms with E-state index in [4.69, 9.17) is 0 Å². The van der Waals surface area contributed by atoms with E-state index >= 15 is 0 Å². The lowest BCUT2D eigenvalue weighted by molar-refractivity contribution is 0.375. The van der Waals surface area contributed by atoms with Gasteiger partial charge in [-0.25, -0.2) is 14.4 Å². The van der Waals surface area contributed by atoms with Crippen molar-refractivity contribution in [3.05, 3.63) is 46.7 Å². The molecule has 0 amide bonds. The molecule has 2 N–H and O–H groups in total. The molecule has 1 aliphatic heterocycles. The molecule has 1 saturated heterocycles.